The molecule has 162 valence electrons. The maximum absolute atomic E-state index is 13.3. The summed E-state index contributed by atoms with van der Waals surface area (Å²) in [5, 5.41) is 4.97. The van der Waals surface area contributed by atoms with Gasteiger partial charge in [0.05, 0.1) is 6.54 Å². The van der Waals surface area contributed by atoms with Crippen LogP contribution in [0.1, 0.15) is 58.2 Å². The summed E-state index contributed by atoms with van der Waals surface area (Å²) in [5.74, 6) is 1.82. The highest BCUT2D eigenvalue weighted by Crippen LogP contribution is 2.35. The average Bonchev–Trinajstić information content (AvgIpc) is 3.40. The monoisotopic (exact) mass is 417 g/mol. The van der Waals surface area contributed by atoms with Crippen molar-refractivity contribution in [3.8, 4) is 11.5 Å². The predicted molar refractivity (Wildman–Crippen MR) is 121 cm³/mol. The third-order valence-electron chi connectivity index (χ3n) is 6.59. The molecule has 1 aliphatic carbocycles. The molecule has 1 fully saturated rings. The van der Waals surface area contributed by atoms with Crippen molar-refractivity contribution >= 4 is 5.91 Å². The summed E-state index contributed by atoms with van der Waals surface area (Å²) < 4.78 is 4.43. The smallest absolute Gasteiger partial charge is 0.254 e. The zero-order valence-electron chi connectivity index (χ0n) is 19.0. The molecule has 3 aromatic rings. The van der Waals surface area contributed by atoms with Crippen LogP contribution in [0.5, 0.6) is 0 Å². The Morgan fingerprint density at radius 1 is 1.13 bits per heavy atom. The van der Waals surface area contributed by atoms with Crippen molar-refractivity contribution in [3.05, 3.63) is 58.0 Å². The van der Waals surface area contributed by atoms with Crippen LogP contribution in [-0.4, -0.2) is 36.7 Å². The number of imidazole rings is 1. The first-order valence-electron chi connectivity index (χ1n) is 11.4. The number of carbonyl (C=O) groups excluding carboxylic acids is 1. The first-order chi connectivity index (χ1) is 14.9. The van der Waals surface area contributed by atoms with Crippen LogP contribution in [0.4, 0.5) is 0 Å². The Hall–Kier alpha value is -2.89. The third-order valence-corrected chi connectivity index (χ3v) is 6.59. The summed E-state index contributed by atoms with van der Waals surface area (Å²) in [4.78, 5) is 20.1. The summed E-state index contributed by atoms with van der Waals surface area (Å²) in [6, 6.07) is 6.09. The topological polar surface area (TPSA) is 56.0 Å². The fourth-order valence-corrected chi connectivity index (χ4v) is 4.83. The Bertz CT molecular complexity index is 1130. The largest absolute Gasteiger partial charge is 0.334 e. The van der Waals surface area contributed by atoms with E-state index in [-0.39, 0.29) is 5.91 Å². The molecule has 3 heterocycles. The fourth-order valence-electron chi connectivity index (χ4n) is 4.83. The maximum atomic E-state index is 13.3. The molecule has 2 aromatic heterocycles. The number of amides is 1. The molecule has 1 saturated carbocycles. The Morgan fingerprint density at radius 2 is 1.87 bits per heavy atom. The number of hydrogen-bond donors (Lipinski definition) is 0. The molecule has 1 amide bonds. The Kier molecular flexibility index (Phi) is 4.95. The van der Waals surface area contributed by atoms with Crippen molar-refractivity contribution in [1.29, 1.82) is 0 Å². The Balaban J connectivity index is 1.51. The molecule has 5 rings (SSSR count). The SMILES string of the molecule is CCn1nc(-c2ncc(C)n2CC2CC2)c2c1CCN(C(=O)c1cc(C)cc(C)c1)C2. The van der Waals surface area contributed by atoms with Crippen LogP contribution in [0.3, 0.4) is 0 Å². The second-order valence-corrected chi connectivity index (χ2v) is 9.22. The molecule has 6 nitrogen and oxygen atoms in total. The van der Waals surface area contributed by atoms with Crippen molar-refractivity contribution in [1.82, 2.24) is 24.2 Å². The number of nitrogens with zero attached hydrogens (tertiary/aromatic N) is 5. The zero-order valence-corrected chi connectivity index (χ0v) is 19.0. The average molecular weight is 418 g/mol. The summed E-state index contributed by atoms with van der Waals surface area (Å²) in [6.45, 7) is 11.5. The van der Waals surface area contributed by atoms with E-state index < -0.39 is 0 Å². The third kappa shape index (κ3) is 3.68. The van der Waals surface area contributed by atoms with E-state index in [4.69, 9.17) is 10.1 Å². The number of carbonyl (C=O) groups is 1. The molecule has 0 unspecified atom stereocenters. The minimum absolute atomic E-state index is 0.102. The van der Waals surface area contributed by atoms with Crippen LogP contribution in [0.25, 0.3) is 11.5 Å². The van der Waals surface area contributed by atoms with E-state index in [1.807, 2.05) is 37.1 Å². The van der Waals surface area contributed by atoms with Gasteiger partial charge in [-0.25, -0.2) is 4.98 Å². The van der Waals surface area contributed by atoms with Crippen molar-refractivity contribution in [2.75, 3.05) is 6.54 Å². The van der Waals surface area contributed by atoms with Gasteiger partial charge in [0.25, 0.3) is 5.91 Å². The number of aromatic nitrogens is 4. The molecule has 0 saturated heterocycles. The molecule has 0 bridgehead atoms. The van der Waals surface area contributed by atoms with E-state index in [2.05, 4.69) is 29.2 Å². The highest BCUT2D eigenvalue weighted by molar-refractivity contribution is 5.94. The molecule has 1 aromatic carbocycles. The van der Waals surface area contributed by atoms with E-state index in [1.165, 1.54) is 24.2 Å². The molecule has 0 atom stereocenters. The molecule has 31 heavy (non-hydrogen) atoms. The fraction of sp³-hybridized carbons (Fsp3) is 0.480. The number of benzene rings is 1. The highest BCUT2D eigenvalue weighted by Gasteiger charge is 2.31. The molecular formula is C25H31N5O. The standard InChI is InChI=1S/C25H31N5O/c1-5-30-22-8-9-28(25(31)20-11-16(2)10-17(3)12-20)15-21(22)23(27-30)24-26-13-18(4)29(24)14-19-6-7-19/h10-13,19H,5-9,14-15H2,1-4H3. The van der Waals surface area contributed by atoms with Crippen molar-refractivity contribution in [2.24, 2.45) is 5.92 Å². The molecule has 0 spiro atoms. The van der Waals surface area contributed by atoms with E-state index >= 15 is 0 Å². The molecule has 0 N–H and O–H groups in total. The van der Waals surface area contributed by atoms with Gasteiger partial charge in [-0.3, -0.25) is 9.48 Å². The zero-order chi connectivity index (χ0) is 21.7. The molecule has 1 aliphatic heterocycles. The van der Waals surface area contributed by atoms with Crippen LogP contribution < -0.4 is 0 Å². The van der Waals surface area contributed by atoms with Crippen molar-refractivity contribution in [2.45, 2.75) is 66.6 Å². The van der Waals surface area contributed by atoms with Gasteiger partial charge in [-0.2, -0.15) is 5.10 Å². The second kappa shape index (κ2) is 7.66. The first kappa shape index (κ1) is 20.0. The summed E-state index contributed by atoms with van der Waals surface area (Å²) in [7, 11) is 0. The lowest BCUT2D eigenvalue weighted by atomic mass is 10.0. The van der Waals surface area contributed by atoms with Gasteiger partial charge in [0, 0.05) is 54.8 Å². The highest BCUT2D eigenvalue weighted by atomic mass is 16.2. The van der Waals surface area contributed by atoms with Gasteiger partial charge < -0.3 is 9.47 Å². The number of rotatable bonds is 5. The van der Waals surface area contributed by atoms with E-state index in [1.54, 1.807) is 0 Å². The van der Waals surface area contributed by atoms with E-state index in [9.17, 15) is 4.79 Å². The van der Waals surface area contributed by atoms with Crippen molar-refractivity contribution < 1.29 is 4.79 Å². The lowest BCUT2D eigenvalue weighted by Gasteiger charge is -2.28. The van der Waals surface area contributed by atoms with Crippen LogP contribution in [0.15, 0.2) is 24.4 Å². The summed E-state index contributed by atoms with van der Waals surface area (Å²) >= 11 is 0. The van der Waals surface area contributed by atoms with Crippen LogP contribution >= 0.6 is 0 Å². The quantitative estimate of drug-likeness (QED) is 0.622. The Labute approximate surface area is 183 Å². The summed E-state index contributed by atoms with van der Waals surface area (Å²) in [5.41, 5.74) is 7.56. The van der Waals surface area contributed by atoms with Gasteiger partial charge in [0.1, 0.15) is 5.69 Å². The van der Waals surface area contributed by atoms with Crippen LogP contribution in [-0.2, 0) is 26.1 Å². The number of fused-ring (bicyclic) bond motifs is 1. The molecule has 2 aliphatic rings. The van der Waals surface area contributed by atoms with E-state index in [0.717, 1.165) is 65.7 Å². The Morgan fingerprint density at radius 3 is 2.55 bits per heavy atom. The molecule has 6 heteroatoms. The first-order valence-corrected chi connectivity index (χ1v) is 11.4. The maximum Gasteiger partial charge on any atom is 0.254 e. The molecular weight excluding hydrogens is 386 g/mol. The lowest BCUT2D eigenvalue weighted by molar-refractivity contribution is 0.0733. The van der Waals surface area contributed by atoms with Gasteiger partial charge >= 0.3 is 0 Å². The minimum atomic E-state index is 0.102. The number of hydrogen-bond acceptors (Lipinski definition) is 3. The normalized spacial score (nSPS) is 15.9. The van der Waals surface area contributed by atoms with Gasteiger partial charge in [0.2, 0.25) is 0 Å². The summed E-state index contributed by atoms with van der Waals surface area (Å²) in [6.07, 6.45) is 5.39. The van der Waals surface area contributed by atoms with Gasteiger partial charge in [-0.1, -0.05) is 17.2 Å². The molecule has 0 radical (unpaired) electrons. The van der Waals surface area contributed by atoms with E-state index in [0.29, 0.717) is 6.54 Å². The van der Waals surface area contributed by atoms with Crippen LogP contribution in [0, 0.1) is 26.7 Å². The van der Waals surface area contributed by atoms with Gasteiger partial charge in [-0.05, 0) is 58.6 Å². The minimum Gasteiger partial charge on any atom is -0.334 e. The van der Waals surface area contributed by atoms with Gasteiger partial charge in [0.15, 0.2) is 5.82 Å². The van der Waals surface area contributed by atoms with Crippen LogP contribution in [0.2, 0.25) is 0 Å². The number of aryl methyl sites for hydroxylation is 4. The van der Waals surface area contributed by atoms with Gasteiger partial charge in [-0.15, -0.1) is 0 Å². The second-order valence-electron chi connectivity index (χ2n) is 9.22. The predicted octanol–water partition coefficient (Wildman–Crippen LogP) is 4.30. The van der Waals surface area contributed by atoms with Crippen molar-refractivity contribution in [3.63, 3.8) is 0 Å². The lowest BCUT2D eigenvalue weighted by Crippen LogP contribution is -2.36.